The van der Waals surface area contributed by atoms with Crippen molar-refractivity contribution in [3.63, 3.8) is 0 Å². The molecule has 11 N–H and O–H groups in total. The molecule has 18 heteroatoms. The average molecular weight is 676 g/mol. The Bertz CT molecular complexity index is 1360. The molecule has 1 aliphatic carbocycles. The van der Waals surface area contributed by atoms with Crippen LogP contribution in [0.25, 0.3) is 0 Å². The van der Waals surface area contributed by atoms with E-state index in [2.05, 4.69) is 37.2 Å². The SMILES string of the molecule is N=C(N)NCCC[C@@H]1NC(=O)[C@H](CCNC(=O)C2CC(F)C2)NC(=O)[C@H](Cc2ccccc2)NC(=O)C(CC(=O)O)NC(=O)CNC1=O. The minimum Gasteiger partial charge on any atom is -0.481 e. The summed E-state index contributed by atoms with van der Waals surface area (Å²) >= 11 is 0. The van der Waals surface area contributed by atoms with E-state index in [1.54, 1.807) is 30.3 Å². The highest BCUT2D eigenvalue weighted by Crippen LogP contribution is 2.29. The Morgan fingerprint density at radius 1 is 0.833 bits per heavy atom. The summed E-state index contributed by atoms with van der Waals surface area (Å²) in [4.78, 5) is 90.4. The number of nitrogens with two attached hydrogens (primary N) is 1. The van der Waals surface area contributed by atoms with Crippen LogP contribution in [0.15, 0.2) is 30.3 Å². The van der Waals surface area contributed by atoms with Gasteiger partial charge in [0.2, 0.25) is 35.4 Å². The first kappa shape index (κ1) is 37.2. The zero-order valence-electron chi connectivity index (χ0n) is 26.2. The van der Waals surface area contributed by atoms with Gasteiger partial charge in [-0.1, -0.05) is 30.3 Å². The summed E-state index contributed by atoms with van der Waals surface area (Å²) in [7, 11) is 0. The molecule has 262 valence electrons. The minimum absolute atomic E-state index is 0.0151. The molecule has 1 unspecified atom stereocenters. The van der Waals surface area contributed by atoms with E-state index in [1.165, 1.54) is 0 Å². The van der Waals surface area contributed by atoms with Gasteiger partial charge in [0.05, 0.1) is 13.0 Å². The molecule has 6 amide bonds. The van der Waals surface area contributed by atoms with Crippen molar-refractivity contribution >= 4 is 47.4 Å². The molecule has 1 heterocycles. The van der Waals surface area contributed by atoms with E-state index in [0.29, 0.717) is 5.56 Å². The lowest BCUT2D eigenvalue weighted by atomic mass is 9.83. The second kappa shape index (κ2) is 18.2. The van der Waals surface area contributed by atoms with Gasteiger partial charge in [-0.25, -0.2) is 4.39 Å². The fourth-order valence-electron chi connectivity index (χ4n) is 5.11. The summed E-state index contributed by atoms with van der Waals surface area (Å²) in [6.45, 7) is -0.589. The number of amides is 6. The van der Waals surface area contributed by atoms with Gasteiger partial charge >= 0.3 is 5.97 Å². The lowest BCUT2D eigenvalue weighted by Crippen LogP contribution is -2.58. The summed E-state index contributed by atoms with van der Waals surface area (Å²) < 4.78 is 13.3. The lowest BCUT2D eigenvalue weighted by molar-refractivity contribution is -0.141. The first-order valence-corrected chi connectivity index (χ1v) is 15.6. The number of hydrogen-bond acceptors (Lipinski definition) is 8. The van der Waals surface area contributed by atoms with Crippen molar-refractivity contribution in [1.82, 2.24) is 37.2 Å². The molecule has 1 saturated carbocycles. The van der Waals surface area contributed by atoms with Crippen LogP contribution in [0.3, 0.4) is 0 Å². The molecule has 17 nitrogen and oxygen atoms in total. The van der Waals surface area contributed by atoms with Crippen molar-refractivity contribution in [2.75, 3.05) is 19.6 Å². The van der Waals surface area contributed by atoms with E-state index in [1.807, 2.05) is 0 Å². The normalized spacial score (nSPS) is 25.3. The molecule has 3 rings (SSSR count). The Kier molecular flexibility index (Phi) is 14.1. The Balaban J connectivity index is 1.90. The first-order valence-electron chi connectivity index (χ1n) is 15.6. The molecule has 4 atom stereocenters. The zero-order chi connectivity index (χ0) is 35.2. The molecule has 48 heavy (non-hydrogen) atoms. The summed E-state index contributed by atoms with van der Waals surface area (Å²) in [5.41, 5.74) is 5.92. The van der Waals surface area contributed by atoms with Crippen LogP contribution in [0.1, 0.15) is 44.1 Å². The number of aliphatic carboxylic acids is 1. The molecule has 1 aromatic rings. The van der Waals surface area contributed by atoms with E-state index in [-0.39, 0.29) is 57.6 Å². The number of carboxylic acid groups (broad SMARTS) is 1. The van der Waals surface area contributed by atoms with Crippen LogP contribution in [0.2, 0.25) is 0 Å². The van der Waals surface area contributed by atoms with Gasteiger partial charge in [0, 0.05) is 25.4 Å². The molecule has 0 spiro atoms. The third kappa shape index (κ3) is 12.1. The maximum Gasteiger partial charge on any atom is 0.305 e. The van der Waals surface area contributed by atoms with Gasteiger partial charge in [-0.3, -0.25) is 39.0 Å². The minimum atomic E-state index is -1.61. The first-order chi connectivity index (χ1) is 22.8. The fourth-order valence-corrected chi connectivity index (χ4v) is 5.11. The average Bonchev–Trinajstić information content (AvgIpc) is 3.01. The van der Waals surface area contributed by atoms with Gasteiger partial charge in [0.1, 0.15) is 30.3 Å². The van der Waals surface area contributed by atoms with Crippen LogP contribution < -0.4 is 43.0 Å². The van der Waals surface area contributed by atoms with E-state index in [0.717, 1.165) is 0 Å². The molecular weight excluding hydrogens is 633 g/mol. The number of guanidine groups is 1. The van der Waals surface area contributed by atoms with Crippen LogP contribution in [0.5, 0.6) is 0 Å². The molecular formula is C30H42FN9O8. The number of nitrogens with one attached hydrogen (secondary N) is 8. The quantitative estimate of drug-likeness (QED) is 0.0621. The highest BCUT2D eigenvalue weighted by Gasteiger charge is 2.35. The van der Waals surface area contributed by atoms with Crippen molar-refractivity contribution in [2.45, 2.75) is 75.3 Å². The third-order valence-corrected chi connectivity index (χ3v) is 7.80. The van der Waals surface area contributed by atoms with Gasteiger partial charge in [0.15, 0.2) is 5.96 Å². The summed E-state index contributed by atoms with van der Waals surface area (Å²) in [5.74, 6) is -6.95. The number of carbonyl (C=O) groups is 7. The molecule has 1 aromatic carbocycles. The van der Waals surface area contributed by atoms with Crippen molar-refractivity contribution in [2.24, 2.45) is 11.7 Å². The van der Waals surface area contributed by atoms with Crippen molar-refractivity contribution in [3.05, 3.63) is 35.9 Å². The number of carboxylic acids is 1. The van der Waals surface area contributed by atoms with Crippen LogP contribution in [-0.4, -0.2) is 102 Å². The Morgan fingerprint density at radius 2 is 1.44 bits per heavy atom. The van der Waals surface area contributed by atoms with Gasteiger partial charge in [-0.05, 0) is 37.7 Å². The number of rotatable bonds is 12. The van der Waals surface area contributed by atoms with E-state index >= 15 is 0 Å². The number of halogens is 1. The molecule has 2 aliphatic rings. The third-order valence-electron chi connectivity index (χ3n) is 7.80. The molecule has 1 aliphatic heterocycles. The van der Waals surface area contributed by atoms with Gasteiger partial charge in [0.25, 0.3) is 0 Å². The van der Waals surface area contributed by atoms with Crippen LogP contribution in [0, 0.1) is 11.3 Å². The van der Waals surface area contributed by atoms with E-state index in [9.17, 15) is 43.1 Å². The maximum atomic E-state index is 13.7. The second-order valence-electron chi connectivity index (χ2n) is 11.6. The number of hydrogen-bond donors (Lipinski definition) is 10. The topological polar surface area (TPSA) is 274 Å². The predicted molar refractivity (Wildman–Crippen MR) is 168 cm³/mol. The highest BCUT2D eigenvalue weighted by atomic mass is 19.1. The largest absolute Gasteiger partial charge is 0.481 e. The van der Waals surface area contributed by atoms with E-state index in [4.69, 9.17) is 11.1 Å². The summed E-state index contributed by atoms with van der Waals surface area (Å²) in [6.07, 6.45) is -1.68. The van der Waals surface area contributed by atoms with E-state index < -0.39 is 90.6 Å². The van der Waals surface area contributed by atoms with Crippen molar-refractivity contribution in [3.8, 4) is 0 Å². The smallest absolute Gasteiger partial charge is 0.305 e. The van der Waals surface area contributed by atoms with Crippen molar-refractivity contribution < 1.29 is 43.1 Å². The number of carbonyl (C=O) groups excluding carboxylic acids is 6. The highest BCUT2D eigenvalue weighted by molar-refractivity contribution is 5.98. The van der Waals surface area contributed by atoms with Crippen LogP contribution in [0.4, 0.5) is 4.39 Å². The Morgan fingerprint density at radius 3 is 2.06 bits per heavy atom. The molecule has 0 aromatic heterocycles. The second-order valence-corrected chi connectivity index (χ2v) is 11.6. The monoisotopic (exact) mass is 675 g/mol. The zero-order valence-corrected chi connectivity index (χ0v) is 26.2. The molecule has 0 radical (unpaired) electrons. The van der Waals surface area contributed by atoms with Gasteiger partial charge in [-0.15, -0.1) is 0 Å². The standard InChI is InChI=1S/C30H42FN9O8/c31-18-12-17(13-18)25(44)34-10-8-20-27(46)38-19(7-4-9-35-30(32)33)26(45)36-15-23(41)37-22(14-24(42)43)29(48)40-21(28(47)39-20)11-16-5-2-1-3-6-16/h1-3,5-6,17-22H,4,7-15H2,(H,34,44)(H,36,45)(H,37,41)(H,38,46)(H,39,47)(H,40,48)(H,42,43)(H4,32,33,35)/t17?,18?,19-,20-,21-,22?/m0/s1. The summed E-state index contributed by atoms with van der Waals surface area (Å²) in [6, 6.07) is 3.01. The Labute approximate surface area is 275 Å². The fraction of sp³-hybridized carbons (Fsp3) is 0.533. The lowest BCUT2D eigenvalue weighted by Gasteiger charge is -2.29. The van der Waals surface area contributed by atoms with Gasteiger partial charge in [-0.2, -0.15) is 0 Å². The maximum absolute atomic E-state index is 13.7. The molecule has 0 bridgehead atoms. The van der Waals surface area contributed by atoms with Gasteiger partial charge < -0.3 is 48.1 Å². The van der Waals surface area contributed by atoms with Crippen LogP contribution in [-0.2, 0) is 40.0 Å². The molecule has 2 fully saturated rings. The Hall–Kier alpha value is -5.29. The predicted octanol–water partition coefficient (Wildman–Crippen LogP) is -2.71. The van der Waals surface area contributed by atoms with Crippen LogP contribution >= 0.6 is 0 Å². The summed E-state index contributed by atoms with van der Waals surface area (Å²) in [5, 5.41) is 34.2. The van der Waals surface area contributed by atoms with Crippen molar-refractivity contribution in [1.29, 1.82) is 5.41 Å². The number of benzene rings is 1. The number of alkyl halides is 1. The molecule has 1 saturated heterocycles.